The van der Waals surface area contributed by atoms with E-state index in [1.54, 1.807) is 13.3 Å². The molecule has 1 aromatic heterocycles. The summed E-state index contributed by atoms with van der Waals surface area (Å²) in [5, 5.41) is 2.90. The lowest BCUT2D eigenvalue weighted by molar-refractivity contribution is -0.116. The summed E-state index contributed by atoms with van der Waals surface area (Å²) < 4.78 is 5.22. The van der Waals surface area contributed by atoms with Gasteiger partial charge in [0.15, 0.2) is 0 Å². The second-order valence-electron chi connectivity index (χ2n) is 7.22. The van der Waals surface area contributed by atoms with Gasteiger partial charge in [-0.1, -0.05) is 13.8 Å². The highest BCUT2D eigenvalue weighted by atomic mass is 16.5. The van der Waals surface area contributed by atoms with Crippen molar-refractivity contribution in [2.45, 2.75) is 20.3 Å². The minimum atomic E-state index is 0.0349. The third-order valence-corrected chi connectivity index (χ3v) is 4.67. The Morgan fingerprint density at radius 2 is 1.74 bits per heavy atom. The summed E-state index contributed by atoms with van der Waals surface area (Å²) in [4.78, 5) is 21.0. The smallest absolute Gasteiger partial charge is 0.224 e. The number of nitrogens with one attached hydrogen (secondary N) is 1. The summed E-state index contributed by atoms with van der Waals surface area (Å²) in [6.45, 7) is 7.79. The van der Waals surface area contributed by atoms with E-state index in [1.165, 1.54) is 5.69 Å². The number of nitrogens with zero attached hydrogens (tertiary/aromatic N) is 3. The fourth-order valence-electron chi connectivity index (χ4n) is 3.22. The molecular formula is C21H28N4O2. The number of aromatic nitrogens is 1. The van der Waals surface area contributed by atoms with Crippen LogP contribution >= 0.6 is 0 Å². The van der Waals surface area contributed by atoms with Gasteiger partial charge >= 0.3 is 0 Å². The number of pyridine rings is 1. The maximum absolute atomic E-state index is 11.9. The van der Waals surface area contributed by atoms with Crippen LogP contribution < -0.4 is 19.9 Å². The lowest BCUT2D eigenvalue weighted by atomic mass is 10.1. The fraction of sp³-hybridized carbons (Fsp3) is 0.429. The maximum Gasteiger partial charge on any atom is 0.224 e. The normalized spacial score (nSPS) is 14.4. The molecule has 0 radical (unpaired) electrons. The van der Waals surface area contributed by atoms with E-state index >= 15 is 0 Å². The molecule has 1 fully saturated rings. The second-order valence-corrected chi connectivity index (χ2v) is 7.22. The Kier molecular flexibility index (Phi) is 6.16. The molecule has 2 heterocycles. The molecule has 0 bridgehead atoms. The van der Waals surface area contributed by atoms with Crippen LogP contribution in [0.5, 0.6) is 5.75 Å². The van der Waals surface area contributed by atoms with Gasteiger partial charge in [0, 0.05) is 38.3 Å². The molecule has 1 saturated heterocycles. The van der Waals surface area contributed by atoms with Crippen LogP contribution in [-0.4, -0.2) is 44.2 Å². The van der Waals surface area contributed by atoms with Crippen LogP contribution in [0.4, 0.5) is 17.2 Å². The summed E-state index contributed by atoms with van der Waals surface area (Å²) in [6, 6.07) is 12.1. The van der Waals surface area contributed by atoms with Gasteiger partial charge in [-0.2, -0.15) is 0 Å². The highest BCUT2D eigenvalue weighted by molar-refractivity contribution is 5.90. The summed E-state index contributed by atoms with van der Waals surface area (Å²) >= 11 is 0. The average Bonchev–Trinajstić information content (AvgIpc) is 2.68. The number of carbonyl (C=O) groups excluding carboxylic acids is 1. The molecule has 0 unspecified atom stereocenters. The standard InChI is InChI=1S/C21H28N4O2/c1-16(2)14-21(26)23-17-4-9-20(22-15-17)25-12-10-24(11-13-25)18-5-7-19(27-3)8-6-18/h4-9,15-16H,10-14H2,1-3H3,(H,23,26). The van der Waals surface area contributed by atoms with Crippen LogP contribution in [0, 0.1) is 5.92 Å². The molecule has 144 valence electrons. The van der Waals surface area contributed by atoms with Gasteiger partial charge in [0.25, 0.3) is 0 Å². The molecule has 0 atom stereocenters. The van der Waals surface area contributed by atoms with E-state index in [0.717, 1.165) is 43.4 Å². The molecular weight excluding hydrogens is 340 g/mol. The van der Waals surface area contributed by atoms with Crippen LogP contribution in [0.3, 0.4) is 0 Å². The number of hydrogen-bond acceptors (Lipinski definition) is 5. The van der Waals surface area contributed by atoms with E-state index in [1.807, 2.05) is 38.1 Å². The minimum Gasteiger partial charge on any atom is -0.497 e. The first kappa shape index (κ1) is 19.0. The van der Waals surface area contributed by atoms with Crippen molar-refractivity contribution < 1.29 is 9.53 Å². The topological polar surface area (TPSA) is 57.7 Å². The summed E-state index contributed by atoms with van der Waals surface area (Å²) in [5.74, 6) is 2.21. The molecule has 0 saturated carbocycles. The van der Waals surface area contributed by atoms with Crippen molar-refractivity contribution in [1.29, 1.82) is 0 Å². The minimum absolute atomic E-state index is 0.0349. The maximum atomic E-state index is 11.9. The highest BCUT2D eigenvalue weighted by Crippen LogP contribution is 2.22. The third-order valence-electron chi connectivity index (χ3n) is 4.67. The van der Waals surface area contributed by atoms with E-state index in [4.69, 9.17) is 4.74 Å². The van der Waals surface area contributed by atoms with Crippen molar-refractivity contribution in [3.05, 3.63) is 42.6 Å². The van der Waals surface area contributed by atoms with Crippen molar-refractivity contribution in [3.8, 4) is 5.75 Å². The highest BCUT2D eigenvalue weighted by Gasteiger charge is 2.18. The van der Waals surface area contributed by atoms with Crippen molar-refractivity contribution in [3.63, 3.8) is 0 Å². The molecule has 27 heavy (non-hydrogen) atoms. The number of hydrogen-bond donors (Lipinski definition) is 1. The Balaban J connectivity index is 1.53. The molecule has 3 rings (SSSR count). The number of piperazine rings is 1. The molecule has 0 aliphatic carbocycles. The third kappa shape index (κ3) is 5.12. The fourth-order valence-corrected chi connectivity index (χ4v) is 3.22. The predicted molar refractivity (Wildman–Crippen MR) is 110 cm³/mol. The Hall–Kier alpha value is -2.76. The molecule has 6 nitrogen and oxygen atoms in total. The first-order chi connectivity index (χ1) is 13.0. The molecule has 1 aromatic carbocycles. The lowest BCUT2D eigenvalue weighted by Gasteiger charge is -2.36. The van der Waals surface area contributed by atoms with Crippen LogP contribution in [0.25, 0.3) is 0 Å². The Labute approximate surface area is 161 Å². The van der Waals surface area contributed by atoms with Crippen molar-refractivity contribution in [2.75, 3.05) is 48.4 Å². The first-order valence-electron chi connectivity index (χ1n) is 9.45. The predicted octanol–water partition coefficient (Wildman–Crippen LogP) is 3.40. The Morgan fingerprint density at radius 3 is 2.30 bits per heavy atom. The Bertz CT molecular complexity index is 736. The Morgan fingerprint density at radius 1 is 1.07 bits per heavy atom. The van der Waals surface area contributed by atoms with E-state index in [2.05, 4.69) is 32.2 Å². The van der Waals surface area contributed by atoms with Crippen LogP contribution in [0.1, 0.15) is 20.3 Å². The number of rotatable bonds is 6. The zero-order valence-electron chi connectivity index (χ0n) is 16.3. The molecule has 1 aliphatic rings. The second kappa shape index (κ2) is 8.75. The summed E-state index contributed by atoms with van der Waals surface area (Å²) in [7, 11) is 1.68. The summed E-state index contributed by atoms with van der Waals surface area (Å²) in [6.07, 6.45) is 2.26. The van der Waals surface area contributed by atoms with E-state index < -0.39 is 0 Å². The number of benzene rings is 1. The number of carbonyl (C=O) groups is 1. The van der Waals surface area contributed by atoms with Gasteiger partial charge in [-0.05, 0) is 42.3 Å². The molecule has 1 aliphatic heterocycles. The zero-order valence-corrected chi connectivity index (χ0v) is 16.3. The number of amides is 1. The van der Waals surface area contributed by atoms with E-state index in [-0.39, 0.29) is 5.91 Å². The van der Waals surface area contributed by atoms with Gasteiger partial charge in [-0.25, -0.2) is 4.98 Å². The SMILES string of the molecule is COc1ccc(N2CCN(c3ccc(NC(=O)CC(C)C)cn3)CC2)cc1. The molecule has 1 N–H and O–H groups in total. The largest absolute Gasteiger partial charge is 0.497 e. The summed E-state index contributed by atoms with van der Waals surface area (Å²) in [5.41, 5.74) is 1.97. The van der Waals surface area contributed by atoms with Crippen molar-refractivity contribution in [1.82, 2.24) is 4.98 Å². The monoisotopic (exact) mass is 368 g/mol. The van der Waals surface area contributed by atoms with Gasteiger partial charge < -0.3 is 19.9 Å². The van der Waals surface area contributed by atoms with Crippen molar-refractivity contribution >= 4 is 23.1 Å². The number of anilines is 3. The quantitative estimate of drug-likeness (QED) is 0.847. The number of ether oxygens (including phenoxy) is 1. The van der Waals surface area contributed by atoms with Crippen LogP contribution in [0.2, 0.25) is 0 Å². The van der Waals surface area contributed by atoms with Gasteiger partial charge in [0.05, 0.1) is 19.0 Å². The first-order valence-corrected chi connectivity index (χ1v) is 9.45. The van der Waals surface area contributed by atoms with Gasteiger partial charge in [0.1, 0.15) is 11.6 Å². The van der Waals surface area contributed by atoms with Gasteiger partial charge in [-0.3, -0.25) is 4.79 Å². The van der Waals surface area contributed by atoms with E-state index in [0.29, 0.717) is 12.3 Å². The van der Waals surface area contributed by atoms with Crippen LogP contribution in [-0.2, 0) is 4.79 Å². The van der Waals surface area contributed by atoms with E-state index in [9.17, 15) is 4.79 Å². The van der Waals surface area contributed by atoms with Gasteiger partial charge in [0.2, 0.25) is 5.91 Å². The molecule has 2 aromatic rings. The van der Waals surface area contributed by atoms with Crippen LogP contribution in [0.15, 0.2) is 42.6 Å². The average molecular weight is 368 g/mol. The molecule has 6 heteroatoms. The van der Waals surface area contributed by atoms with Crippen molar-refractivity contribution in [2.24, 2.45) is 5.92 Å². The molecule has 0 spiro atoms. The van der Waals surface area contributed by atoms with Gasteiger partial charge in [-0.15, -0.1) is 0 Å². The zero-order chi connectivity index (χ0) is 19.2. The number of methoxy groups -OCH3 is 1. The lowest BCUT2D eigenvalue weighted by Crippen LogP contribution is -2.46. The molecule has 1 amide bonds.